The molecule has 1 saturated heterocycles. The summed E-state index contributed by atoms with van der Waals surface area (Å²) in [6, 6.07) is 9.72. The van der Waals surface area contributed by atoms with E-state index in [1.165, 1.54) is 41.3 Å². The molecule has 160 valence electrons. The second kappa shape index (κ2) is 8.85. The Hall–Kier alpha value is -2.90. The Morgan fingerprint density at radius 1 is 1.07 bits per heavy atom. The minimum atomic E-state index is -4.44. The number of anilines is 1. The molecule has 3 rings (SSSR count). The fourth-order valence-corrected chi connectivity index (χ4v) is 3.65. The van der Waals surface area contributed by atoms with Crippen LogP contribution in [0.5, 0.6) is 0 Å². The van der Waals surface area contributed by atoms with Crippen LogP contribution in [0.15, 0.2) is 48.5 Å². The number of likely N-dealkylation sites (tertiary alicyclic amines) is 1. The highest BCUT2D eigenvalue weighted by atomic mass is 19.4. The van der Waals surface area contributed by atoms with Crippen LogP contribution in [-0.4, -0.2) is 36.3 Å². The van der Waals surface area contributed by atoms with Gasteiger partial charge < -0.3 is 9.80 Å². The number of rotatable bonds is 4. The maximum absolute atomic E-state index is 13.1. The fourth-order valence-electron chi connectivity index (χ4n) is 3.65. The summed E-state index contributed by atoms with van der Waals surface area (Å²) in [5.74, 6) is -1.39. The van der Waals surface area contributed by atoms with Crippen LogP contribution < -0.4 is 4.90 Å². The van der Waals surface area contributed by atoms with Crippen molar-refractivity contribution in [3.05, 3.63) is 65.5 Å². The van der Waals surface area contributed by atoms with Gasteiger partial charge in [-0.25, -0.2) is 4.39 Å². The standard InChI is InChI=1S/C22H22F4N2O2/c1-2-28(19-11-7-17(8-12-19)22(24,25)26)21(30)16-4-3-13-27(14-16)20(29)15-5-9-18(23)10-6-15/h5-12,16H,2-4,13-14H2,1H3/t16-/m0/s1. The Morgan fingerprint density at radius 3 is 2.27 bits per heavy atom. The third kappa shape index (κ3) is 4.80. The van der Waals surface area contributed by atoms with Gasteiger partial charge in [0.1, 0.15) is 5.82 Å². The van der Waals surface area contributed by atoms with E-state index >= 15 is 0 Å². The average Bonchev–Trinajstić information content (AvgIpc) is 2.74. The van der Waals surface area contributed by atoms with Crippen LogP contribution in [0.3, 0.4) is 0 Å². The molecule has 0 unspecified atom stereocenters. The number of nitrogens with zero attached hydrogens (tertiary/aromatic N) is 2. The van der Waals surface area contributed by atoms with Crippen LogP contribution in [0.1, 0.15) is 35.7 Å². The van der Waals surface area contributed by atoms with Gasteiger partial charge in [-0.3, -0.25) is 9.59 Å². The van der Waals surface area contributed by atoms with Gasteiger partial charge in [-0.15, -0.1) is 0 Å². The quantitative estimate of drug-likeness (QED) is 0.668. The summed E-state index contributed by atoms with van der Waals surface area (Å²) < 4.78 is 51.5. The summed E-state index contributed by atoms with van der Waals surface area (Å²) in [6.07, 6.45) is -3.22. The molecule has 0 spiro atoms. The lowest BCUT2D eigenvalue weighted by molar-refractivity contribution is -0.137. The predicted molar refractivity (Wildman–Crippen MR) is 104 cm³/mol. The maximum Gasteiger partial charge on any atom is 0.416 e. The maximum atomic E-state index is 13.1. The molecule has 1 aliphatic heterocycles. The highest BCUT2D eigenvalue weighted by Crippen LogP contribution is 2.31. The van der Waals surface area contributed by atoms with E-state index < -0.39 is 23.5 Å². The van der Waals surface area contributed by atoms with Gasteiger partial charge in [0.05, 0.1) is 11.5 Å². The van der Waals surface area contributed by atoms with Gasteiger partial charge in [-0.1, -0.05) is 0 Å². The van der Waals surface area contributed by atoms with Gasteiger partial charge in [-0.05, 0) is 68.3 Å². The largest absolute Gasteiger partial charge is 0.416 e. The van der Waals surface area contributed by atoms with Crippen LogP contribution in [-0.2, 0) is 11.0 Å². The van der Waals surface area contributed by atoms with Crippen molar-refractivity contribution in [2.75, 3.05) is 24.5 Å². The molecule has 0 saturated carbocycles. The first-order chi connectivity index (χ1) is 14.2. The number of carbonyl (C=O) groups excluding carboxylic acids is 2. The minimum Gasteiger partial charge on any atom is -0.338 e. The lowest BCUT2D eigenvalue weighted by atomic mass is 9.95. The van der Waals surface area contributed by atoms with Crippen molar-refractivity contribution in [1.82, 2.24) is 4.90 Å². The monoisotopic (exact) mass is 422 g/mol. The Kier molecular flexibility index (Phi) is 6.43. The van der Waals surface area contributed by atoms with Crippen LogP contribution in [0, 0.1) is 11.7 Å². The van der Waals surface area contributed by atoms with Crippen molar-refractivity contribution in [1.29, 1.82) is 0 Å². The zero-order valence-corrected chi connectivity index (χ0v) is 16.5. The summed E-state index contributed by atoms with van der Waals surface area (Å²) >= 11 is 0. The molecule has 0 aromatic heterocycles. The topological polar surface area (TPSA) is 40.6 Å². The van der Waals surface area contributed by atoms with Gasteiger partial charge in [0, 0.05) is 30.9 Å². The van der Waals surface area contributed by atoms with Gasteiger partial charge >= 0.3 is 6.18 Å². The third-order valence-corrected chi connectivity index (χ3v) is 5.24. The summed E-state index contributed by atoms with van der Waals surface area (Å²) in [6.45, 7) is 2.75. The van der Waals surface area contributed by atoms with Crippen LogP contribution in [0.4, 0.5) is 23.2 Å². The van der Waals surface area contributed by atoms with E-state index in [1.807, 2.05) is 0 Å². The zero-order chi connectivity index (χ0) is 21.9. The van der Waals surface area contributed by atoms with E-state index in [4.69, 9.17) is 0 Å². The molecule has 0 N–H and O–H groups in total. The molecule has 2 aromatic carbocycles. The summed E-state index contributed by atoms with van der Waals surface area (Å²) in [5.41, 5.74) is -0.0411. The highest BCUT2D eigenvalue weighted by molar-refractivity contribution is 5.97. The molecule has 1 fully saturated rings. The van der Waals surface area contributed by atoms with Gasteiger partial charge in [0.15, 0.2) is 0 Å². The molecule has 0 radical (unpaired) electrons. The second-order valence-electron chi connectivity index (χ2n) is 7.22. The number of carbonyl (C=O) groups is 2. The predicted octanol–water partition coefficient (Wildman–Crippen LogP) is 4.75. The number of alkyl halides is 3. The van der Waals surface area contributed by atoms with Crippen molar-refractivity contribution in [3.63, 3.8) is 0 Å². The number of halogens is 4. The molecule has 0 bridgehead atoms. The Balaban J connectivity index is 1.72. The van der Waals surface area contributed by atoms with Crippen LogP contribution in [0.2, 0.25) is 0 Å². The molecule has 1 heterocycles. The first-order valence-electron chi connectivity index (χ1n) is 9.74. The molecule has 30 heavy (non-hydrogen) atoms. The first-order valence-corrected chi connectivity index (χ1v) is 9.74. The van der Waals surface area contributed by atoms with Crippen LogP contribution >= 0.6 is 0 Å². The fraction of sp³-hybridized carbons (Fsp3) is 0.364. The van der Waals surface area contributed by atoms with Crippen molar-refractivity contribution < 1.29 is 27.2 Å². The molecule has 4 nitrogen and oxygen atoms in total. The molecule has 2 amide bonds. The molecule has 8 heteroatoms. The normalized spacial score (nSPS) is 17.0. The van der Waals surface area contributed by atoms with Gasteiger partial charge in [0.2, 0.25) is 5.91 Å². The minimum absolute atomic E-state index is 0.214. The smallest absolute Gasteiger partial charge is 0.338 e. The number of benzene rings is 2. The average molecular weight is 422 g/mol. The molecule has 1 aliphatic rings. The summed E-state index contributed by atoms with van der Waals surface area (Å²) in [4.78, 5) is 28.8. The van der Waals surface area contributed by atoms with Crippen molar-refractivity contribution in [3.8, 4) is 0 Å². The summed E-state index contributed by atoms with van der Waals surface area (Å²) in [5, 5.41) is 0. The van der Waals surface area contributed by atoms with E-state index in [1.54, 1.807) is 11.8 Å². The number of piperidine rings is 1. The van der Waals surface area contributed by atoms with Crippen LogP contribution in [0.25, 0.3) is 0 Å². The lowest BCUT2D eigenvalue weighted by Crippen LogP contribution is -2.47. The van der Waals surface area contributed by atoms with E-state index in [2.05, 4.69) is 0 Å². The van der Waals surface area contributed by atoms with Gasteiger partial charge in [0.25, 0.3) is 5.91 Å². The van der Waals surface area contributed by atoms with E-state index in [9.17, 15) is 27.2 Å². The Morgan fingerprint density at radius 2 is 1.70 bits per heavy atom. The lowest BCUT2D eigenvalue weighted by Gasteiger charge is -2.35. The van der Waals surface area contributed by atoms with Crippen molar-refractivity contribution in [2.24, 2.45) is 5.92 Å². The SMILES string of the molecule is CCN(C(=O)[C@H]1CCCN(C(=O)c2ccc(F)cc2)C1)c1ccc(C(F)(F)F)cc1. The van der Waals surface area contributed by atoms with Crippen molar-refractivity contribution >= 4 is 17.5 Å². The Labute approximate surface area is 172 Å². The molecular formula is C22H22F4N2O2. The Bertz CT molecular complexity index is 895. The molecule has 0 aliphatic carbocycles. The number of hydrogen-bond donors (Lipinski definition) is 0. The number of hydrogen-bond acceptors (Lipinski definition) is 2. The zero-order valence-electron chi connectivity index (χ0n) is 16.5. The summed E-state index contributed by atoms with van der Waals surface area (Å²) in [7, 11) is 0. The van der Waals surface area contributed by atoms with E-state index in [-0.39, 0.29) is 18.4 Å². The second-order valence-corrected chi connectivity index (χ2v) is 7.22. The van der Waals surface area contributed by atoms with Crippen molar-refractivity contribution in [2.45, 2.75) is 25.9 Å². The van der Waals surface area contributed by atoms with E-state index in [0.717, 1.165) is 12.1 Å². The van der Waals surface area contributed by atoms with E-state index in [0.29, 0.717) is 37.2 Å². The first kappa shape index (κ1) is 21.8. The molecule has 1 atom stereocenters. The third-order valence-electron chi connectivity index (χ3n) is 5.24. The molecule has 2 aromatic rings. The highest BCUT2D eigenvalue weighted by Gasteiger charge is 2.33. The molecular weight excluding hydrogens is 400 g/mol. The van der Waals surface area contributed by atoms with Gasteiger partial charge in [-0.2, -0.15) is 13.2 Å². The number of amides is 2.